The number of ether oxygens (including phenoxy) is 1. The molecule has 2 nitrogen and oxygen atoms in total. The number of halogens is 2. The van der Waals surface area contributed by atoms with E-state index in [-0.39, 0.29) is 5.82 Å². The summed E-state index contributed by atoms with van der Waals surface area (Å²) in [5.41, 5.74) is 2.27. The van der Waals surface area contributed by atoms with Crippen molar-refractivity contribution in [3.05, 3.63) is 39.6 Å². The molecule has 1 aliphatic rings. The van der Waals surface area contributed by atoms with Crippen LogP contribution in [0.4, 0.5) is 4.39 Å². The van der Waals surface area contributed by atoms with Crippen LogP contribution in [-0.4, -0.2) is 25.8 Å². The molecule has 1 aromatic carbocycles. The minimum absolute atomic E-state index is 0.229. The lowest BCUT2D eigenvalue weighted by molar-refractivity contribution is 0.0771. The van der Waals surface area contributed by atoms with E-state index >= 15 is 0 Å². The molecule has 18 heavy (non-hydrogen) atoms. The lowest BCUT2D eigenvalue weighted by Crippen LogP contribution is -2.41. The minimum Gasteiger partial charge on any atom is -0.379 e. The van der Waals surface area contributed by atoms with Gasteiger partial charge in [0.25, 0.3) is 0 Å². The Bertz CT molecular complexity index is 441. The average Bonchev–Trinajstić information content (AvgIpc) is 2.35. The van der Waals surface area contributed by atoms with Crippen molar-refractivity contribution in [2.45, 2.75) is 19.4 Å². The Morgan fingerprint density at radius 1 is 1.61 bits per heavy atom. The average molecular weight is 314 g/mol. The van der Waals surface area contributed by atoms with Crippen LogP contribution in [0.5, 0.6) is 0 Å². The van der Waals surface area contributed by atoms with Crippen molar-refractivity contribution < 1.29 is 9.13 Å². The normalized spacial score (nSPS) is 21.1. The van der Waals surface area contributed by atoms with E-state index in [1.165, 1.54) is 11.6 Å². The Kier molecular flexibility index (Phi) is 4.92. The molecule has 1 aliphatic heterocycles. The fourth-order valence-corrected chi connectivity index (χ4v) is 2.48. The summed E-state index contributed by atoms with van der Waals surface area (Å²) in [6, 6.07) is 5.45. The van der Waals surface area contributed by atoms with Crippen molar-refractivity contribution in [2.75, 3.05) is 19.8 Å². The molecule has 0 amide bonds. The third-order valence-electron chi connectivity index (χ3n) is 2.92. The van der Waals surface area contributed by atoms with Crippen molar-refractivity contribution in [3.8, 4) is 0 Å². The van der Waals surface area contributed by atoms with Gasteiger partial charge in [-0.2, -0.15) is 0 Å². The molecule has 2 rings (SSSR count). The molecule has 1 heterocycles. The summed E-state index contributed by atoms with van der Waals surface area (Å²) in [6.45, 7) is 4.57. The van der Waals surface area contributed by atoms with Gasteiger partial charge in [0.05, 0.1) is 17.7 Å². The zero-order valence-electron chi connectivity index (χ0n) is 10.4. The van der Waals surface area contributed by atoms with Gasteiger partial charge < -0.3 is 10.1 Å². The van der Waals surface area contributed by atoms with Crippen molar-refractivity contribution in [3.63, 3.8) is 0 Å². The Hall–Kier alpha value is -0.710. The lowest BCUT2D eigenvalue weighted by Gasteiger charge is -2.24. The summed E-state index contributed by atoms with van der Waals surface area (Å²) >= 11 is 3.20. The first-order chi connectivity index (χ1) is 8.65. The molecule has 1 saturated heterocycles. The number of rotatable bonds is 3. The largest absolute Gasteiger partial charge is 0.379 e. The van der Waals surface area contributed by atoms with E-state index in [0.29, 0.717) is 10.5 Å². The summed E-state index contributed by atoms with van der Waals surface area (Å²) < 4.78 is 19.0. The van der Waals surface area contributed by atoms with E-state index in [2.05, 4.69) is 34.2 Å². The van der Waals surface area contributed by atoms with Gasteiger partial charge in [-0.3, -0.25) is 0 Å². The predicted molar refractivity (Wildman–Crippen MR) is 75.0 cm³/mol. The lowest BCUT2D eigenvalue weighted by atomic mass is 10.0. The van der Waals surface area contributed by atoms with Crippen LogP contribution in [0.25, 0.3) is 6.08 Å². The highest BCUT2D eigenvalue weighted by Gasteiger charge is 2.12. The van der Waals surface area contributed by atoms with Gasteiger partial charge in [0, 0.05) is 12.6 Å². The SMILES string of the molecule is C/C(=C/c1ccc(F)c(Br)c1)CC1COCCN1. The second-order valence-corrected chi connectivity index (χ2v) is 5.45. The summed E-state index contributed by atoms with van der Waals surface area (Å²) in [6.07, 6.45) is 3.04. The van der Waals surface area contributed by atoms with E-state index < -0.39 is 0 Å². The van der Waals surface area contributed by atoms with Crippen molar-refractivity contribution in [1.82, 2.24) is 5.32 Å². The van der Waals surface area contributed by atoms with Crippen molar-refractivity contribution in [2.24, 2.45) is 0 Å². The fourth-order valence-electron chi connectivity index (χ4n) is 2.09. The van der Waals surface area contributed by atoms with E-state index in [4.69, 9.17) is 4.74 Å². The molecule has 1 atom stereocenters. The molecule has 0 aromatic heterocycles. The van der Waals surface area contributed by atoms with Gasteiger partial charge in [-0.25, -0.2) is 4.39 Å². The highest BCUT2D eigenvalue weighted by Crippen LogP contribution is 2.19. The zero-order valence-corrected chi connectivity index (χ0v) is 12.0. The summed E-state index contributed by atoms with van der Waals surface area (Å²) in [5, 5.41) is 3.42. The van der Waals surface area contributed by atoms with Crippen LogP contribution in [0.15, 0.2) is 28.2 Å². The van der Waals surface area contributed by atoms with Crippen LogP contribution in [0.3, 0.4) is 0 Å². The maximum absolute atomic E-state index is 13.1. The monoisotopic (exact) mass is 313 g/mol. The first-order valence-electron chi connectivity index (χ1n) is 6.08. The molecule has 4 heteroatoms. The quantitative estimate of drug-likeness (QED) is 0.923. The maximum Gasteiger partial charge on any atom is 0.137 e. The standard InChI is InChI=1S/C14H17BrFNO/c1-10(7-12-9-18-5-4-17-12)6-11-2-3-14(16)13(15)8-11/h2-3,6,8,12,17H,4-5,7,9H2,1H3/b10-6-. The first kappa shape index (κ1) is 13.7. The smallest absolute Gasteiger partial charge is 0.137 e. The van der Waals surface area contributed by atoms with Crippen molar-refractivity contribution in [1.29, 1.82) is 0 Å². The predicted octanol–water partition coefficient (Wildman–Crippen LogP) is 3.37. The van der Waals surface area contributed by atoms with Gasteiger partial charge in [-0.15, -0.1) is 0 Å². The van der Waals surface area contributed by atoms with Gasteiger partial charge in [0.15, 0.2) is 0 Å². The topological polar surface area (TPSA) is 21.3 Å². The number of morpholine rings is 1. The fraction of sp³-hybridized carbons (Fsp3) is 0.429. The Morgan fingerprint density at radius 3 is 3.11 bits per heavy atom. The van der Waals surface area contributed by atoms with E-state index in [1.807, 2.05) is 0 Å². The molecular formula is C14H17BrFNO. The van der Waals surface area contributed by atoms with Gasteiger partial charge in [0.2, 0.25) is 0 Å². The van der Waals surface area contributed by atoms with Crippen LogP contribution >= 0.6 is 15.9 Å². The van der Waals surface area contributed by atoms with Crippen LogP contribution < -0.4 is 5.32 Å². The molecule has 0 saturated carbocycles. The summed E-state index contributed by atoms with van der Waals surface area (Å²) in [7, 11) is 0. The van der Waals surface area contributed by atoms with E-state index in [0.717, 1.165) is 31.7 Å². The number of hydrogen-bond donors (Lipinski definition) is 1. The van der Waals surface area contributed by atoms with Gasteiger partial charge in [-0.05, 0) is 47.0 Å². The highest BCUT2D eigenvalue weighted by atomic mass is 79.9. The van der Waals surface area contributed by atoms with Gasteiger partial charge in [0.1, 0.15) is 5.82 Å². The van der Waals surface area contributed by atoms with E-state index in [1.54, 1.807) is 12.1 Å². The molecule has 0 radical (unpaired) electrons. The van der Waals surface area contributed by atoms with Gasteiger partial charge in [-0.1, -0.05) is 17.7 Å². The molecule has 1 fully saturated rings. The molecule has 1 aromatic rings. The first-order valence-corrected chi connectivity index (χ1v) is 6.88. The van der Waals surface area contributed by atoms with Crippen LogP contribution in [-0.2, 0) is 4.74 Å². The molecule has 0 spiro atoms. The third-order valence-corrected chi connectivity index (χ3v) is 3.53. The van der Waals surface area contributed by atoms with Crippen molar-refractivity contribution >= 4 is 22.0 Å². The molecule has 1 unspecified atom stereocenters. The maximum atomic E-state index is 13.1. The van der Waals surface area contributed by atoms with Crippen LogP contribution in [0, 0.1) is 5.82 Å². The third kappa shape index (κ3) is 3.90. The van der Waals surface area contributed by atoms with Gasteiger partial charge >= 0.3 is 0 Å². The molecule has 98 valence electrons. The Labute approximate surface area is 115 Å². The van der Waals surface area contributed by atoms with E-state index in [9.17, 15) is 4.39 Å². The molecule has 1 N–H and O–H groups in total. The number of nitrogens with one attached hydrogen (secondary N) is 1. The minimum atomic E-state index is -0.229. The summed E-state index contributed by atoms with van der Waals surface area (Å²) in [4.78, 5) is 0. The summed E-state index contributed by atoms with van der Waals surface area (Å²) in [5.74, 6) is -0.229. The zero-order chi connectivity index (χ0) is 13.0. The molecular weight excluding hydrogens is 297 g/mol. The second kappa shape index (κ2) is 6.45. The molecule has 0 aliphatic carbocycles. The number of benzene rings is 1. The Morgan fingerprint density at radius 2 is 2.44 bits per heavy atom. The van der Waals surface area contributed by atoms with Crippen LogP contribution in [0.1, 0.15) is 18.9 Å². The Balaban J connectivity index is 2.00. The number of hydrogen-bond acceptors (Lipinski definition) is 2. The highest BCUT2D eigenvalue weighted by molar-refractivity contribution is 9.10. The molecule has 0 bridgehead atoms. The van der Waals surface area contributed by atoms with Crippen LogP contribution in [0.2, 0.25) is 0 Å². The second-order valence-electron chi connectivity index (χ2n) is 4.59.